The summed E-state index contributed by atoms with van der Waals surface area (Å²) in [7, 11) is -3.23. The van der Waals surface area contributed by atoms with Crippen LogP contribution in [0, 0.1) is 17.8 Å². The maximum Gasteiger partial charge on any atom is 0.225 e. The van der Waals surface area contributed by atoms with Crippen molar-refractivity contribution in [3.63, 3.8) is 0 Å². The Morgan fingerprint density at radius 1 is 1.23 bits per heavy atom. The largest absolute Gasteiger partial charge is 0.379 e. The molecule has 0 bridgehead atoms. The van der Waals surface area contributed by atoms with E-state index < -0.39 is 10.0 Å². The highest BCUT2D eigenvalue weighted by atomic mass is 32.2. The fourth-order valence-electron chi connectivity index (χ4n) is 3.53. The molecule has 126 valence electrons. The Labute approximate surface area is 132 Å². The second kappa shape index (κ2) is 6.45. The maximum absolute atomic E-state index is 12.5. The Morgan fingerprint density at radius 2 is 1.91 bits per heavy atom. The number of carbonyl (C=O) groups is 1. The van der Waals surface area contributed by atoms with E-state index in [2.05, 4.69) is 6.92 Å². The van der Waals surface area contributed by atoms with Crippen molar-refractivity contribution in [1.29, 1.82) is 0 Å². The van der Waals surface area contributed by atoms with Gasteiger partial charge in [0.15, 0.2) is 0 Å². The summed E-state index contributed by atoms with van der Waals surface area (Å²) in [4.78, 5) is 14.2. The standard InChI is InChI=1S/C15H26N2O4S/c1-12-9-14(12)15(18)16-4-2-3-13(10-16)11-22(19,20)17-5-7-21-8-6-17/h12-14H,2-11H2,1H3/t12-,13-,14+/m1/s1. The molecule has 0 aromatic carbocycles. The first kappa shape index (κ1) is 16.2. The number of nitrogens with zero attached hydrogens (tertiary/aromatic N) is 2. The number of ether oxygens (including phenoxy) is 1. The minimum atomic E-state index is -3.23. The summed E-state index contributed by atoms with van der Waals surface area (Å²) >= 11 is 0. The molecule has 3 fully saturated rings. The average Bonchev–Trinajstić information content (AvgIpc) is 3.24. The van der Waals surface area contributed by atoms with E-state index in [9.17, 15) is 13.2 Å². The molecule has 0 aromatic rings. The first-order chi connectivity index (χ1) is 10.5. The molecule has 0 aromatic heterocycles. The third-order valence-corrected chi connectivity index (χ3v) is 7.11. The first-order valence-electron chi connectivity index (χ1n) is 8.32. The van der Waals surface area contributed by atoms with Gasteiger partial charge in [-0.05, 0) is 31.1 Å². The Balaban J connectivity index is 1.56. The van der Waals surface area contributed by atoms with E-state index in [4.69, 9.17) is 4.74 Å². The van der Waals surface area contributed by atoms with Crippen LogP contribution in [0.1, 0.15) is 26.2 Å². The predicted molar refractivity (Wildman–Crippen MR) is 82.8 cm³/mol. The van der Waals surface area contributed by atoms with Crippen molar-refractivity contribution < 1.29 is 17.9 Å². The molecular formula is C15H26N2O4S. The number of likely N-dealkylation sites (tertiary alicyclic amines) is 1. The molecule has 1 amide bonds. The molecule has 0 spiro atoms. The number of sulfonamides is 1. The summed E-state index contributed by atoms with van der Waals surface area (Å²) < 4.78 is 31.8. The predicted octanol–water partition coefficient (Wildman–Crippen LogP) is 0.543. The zero-order chi connectivity index (χ0) is 15.7. The normalized spacial score (nSPS) is 33.7. The van der Waals surface area contributed by atoms with Crippen molar-refractivity contribution >= 4 is 15.9 Å². The number of morpholine rings is 1. The van der Waals surface area contributed by atoms with Gasteiger partial charge in [-0.15, -0.1) is 0 Å². The monoisotopic (exact) mass is 330 g/mol. The number of hydrogen-bond acceptors (Lipinski definition) is 4. The van der Waals surface area contributed by atoms with Crippen LogP contribution in [0.5, 0.6) is 0 Å². The van der Waals surface area contributed by atoms with E-state index in [-0.39, 0.29) is 23.5 Å². The topological polar surface area (TPSA) is 66.9 Å². The zero-order valence-corrected chi connectivity index (χ0v) is 14.1. The number of rotatable bonds is 4. The maximum atomic E-state index is 12.5. The lowest BCUT2D eigenvalue weighted by molar-refractivity contribution is -0.134. The van der Waals surface area contributed by atoms with Gasteiger partial charge in [-0.1, -0.05) is 6.92 Å². The molecule has 1 aliphatic carbocycles. The van der Waals surface area contributed by atoms with Crippen LogP contribution in [0.25, 0.3) is 0 Å². The summed E-state index contributed by atoms with van der Waals surface area (Å²) in [5.74, 6) is 1.16. The summed E-state index contributed by atoms with van der Waals surface area (Å²) in [6.07, 6.45) is 2.80. The van der Waals surface area contributed by atoms with Crippen molar-refractivity contribution in [3.05, 3.63) is 0 Å². The van der Waals surface area contributed by atoms with Gasteiger partial charge in [0.25, 0.3) is 0 Å². The number of carbonyl (C=O) groups excluding carboxylic acids is 1. The molecule has 3 rings (SSSR count). The van der Waals surface area contributed by atoms with Crippen molar-refractivity contribution in [2.75, 3.05) is 45.1 Å². The summed E-state index contributed by atoms with van der Waals surface area (Å²) in [6, 6.07) is 0. The van der Waals surface area contributed by atoms with Gasteiger partial charge < -0.3 is 9.64 Å². The quantitative estimate of drug-likeness (QED) is 0.755. The molecule has 2 aliphatic heterocycles. The number of hydrogen-bond donors (Lipinski definition) is 0. The third kappa shape index (κ3) is 3.63. The lowest BCUT2D eigenvalue weighted by Gasteiger charge is -2.34. The van der Waals surface area contributed by atoms with Crippen LogP contribution >= 0.6 is 0 Å². The molecule has 0 unspecified atom stereocenters. The van der Waals surface area contributed by atoms with Crippen LogP contribution in [-0.4, -0.2) is 68.7 Å². The van der Waals surface area contributed by atoms with Crippen LogP contribution in [0.4, 0.5) is 0 Å². The van der Waals surface area contributed by atoms with E-state index in [1.54, 1.807) is 4.31 Å². The Hall–Kier alpha value is -0.660. The van der Waals surface area contributed by atoms with Crippen LogP contribution in [0.2, 0.25) is 0 Å². The van der Waals surface area contributed by atoms with Crippen molar-refractivity contribution in [2.45, 2.75) is 26.2 Å². The molecule has 7 heteroatoms. The first-order valence-corrected chi connectivity index (χ1v) is 9.92. The summed E-state index contributed by atoms with van der Waals surface area (Å²) in [5, 5.41) is 0. The van der Waals surface area contributed by atoms with E-state index in [0.29, 0.717) is 38.8 Å². The van der Waals surface area contributed by atoms with Crippen LogP contribution in [-0.2, 0) is 19.6 Å². The lowest BCUT2D eigenvalue weighted by Crippen LogP contribution is -2.46. The van der Waals surface area contributed by atoms with Gasteiger partial charge in [0.2, 0.25) is 15.9 Å². The van der Waals surface area contributed by atoms with E-state index in [0.717, 1.165) is 25.8 Å². The summed E-state index contributed by atoms with van der Waals surface area (Å²) in [6.45, 7) is 5.37. The highest BCUT2D eigenvalue weighted by molar-refractivity contribution is 7.89. The highest BCUT2D eigenvalue weighted by Gasteiger charge is 2.42. The van der Waals surface area contributed by atoms with Gasteiger partial charge in [-0.3, -0.25) is 4.79 Å². The molecule has 2 heterocycles. The number of piperidine rings is 1. The van der Waals surface area contributed by atoms with E-state index >= 15 is 0 Å². The fourth-order valence-corrected chi connectivity index (χ4v) is 5.31. The Morgan fingerprint density at radius 3 is 2.55 bits per heavy atom. The van der Waals surface area contributed by atoms with Gasteiger partial charge in [0.1, 0.15) is 0 Å². The molecule has 1 saturated carbocycles. The molecule has 3 aliphatic rings. The van der Waals surface area contributed by atoms with Gasteiger partial charge in [0.05, 0.1) is 19.0 Å². The lowest BCUT2D eigenvalue weighted by atomic mass is 9.99. The summed E-state index contributed by atoms with van der Waals surface area (Å²) in [5.41, 5.74) is 0. The second-order valence-corrected chi connectivity index (χ2v) is 8.92. The minimum absolute atomic E-state index is 0.0691. The van der Waals surface area contributed by atoms with Crippen molar-refractivity contribution in [2.24, 2.45) is 17.8 Å². The van der Waals surface area contributed by atoms with Gasteiger partial charge in [-0.2, -0.15) is 4.31 Å². The molecule has 0 radical (unpaired) electrons. The van der Waals surface area contributed by atoms with Crippen LogP contribution < -0.4 is 0 Å². The van der Waals surface area contributed by atoms with Crippen molar-refractivity contribution in [3.8, 4) is 0 Å². The van der Waals surface area contributed by atoms with Gasteiger partial charge in [-0.25, -0.2) is 8.42 Å². The zero-order valence-electron chi connectivity index (χ0n) is 13.2. The van der Waals surface area contributed by atoms with Gasteiger partial charge >= 0.3 is 0 Å². The van der Waals surface area contributed by atoms with Crippen LogP contribution in [0.15, 0.2) is 0 Å². The Kier molecular flexibility index (Phi) is 4.75. The minimum Gasteiger partial charge on any atom is -0.379 e. The number of amides is 1. The van der Waals surface area contributed by atoms with Crippen LogP contribution in [0.3, 0.4) is 0 Å². The molecule has 22 heavy (non-hydrogen) atoms. The fraction of sp³-hybridized carbons (Fsp3) is 0.933. The highest BCUT2D eigenvalue weighted by Crippen LogP contribution is 2.39. The average molecular weight is 330 g/mol. The Bertz CT molecular complexity index is 516. The van der Waals surface area contributed by atoms with E-state index in [1.165, 1.54) is 0 Å². The smallest absolute Gasteiger partial charge is 0.225 e. The SMILES string of the molecule is C[C@@H]1C[C@@H]1C(=O)N1CCC[C@@H](CS(=O)(=O)N2CCOCC2)C1. The third-order valence-electron chi connectivity index (χ3n) is 5.07. The molecule has 6 nitrogen and oxygen atoms in total. The second-order valence-electron chi connectivity index (χ2n) is 6.90. The van der Waals surface area contributed by atoms with Crippen molar-refractivity contribution in [1.82, 2.24) is 9.21 Å². The molecule has 2 saturated heterocycles. The van der Waals surface area contributed by atoms with Gasteiger partial charge in [0, 0.05) is 32.1 Å². The molecule has 3 atom stereocenters. The molecule has 0 N–H and O–H groups in total. The molecular weight excluding hydrogens is 304 g/mol. The van der Waals surface area contributed by atoms with E-state index in [1.807, 2.05) is 4.90 Å².